The number of anilines is 3. The van der Waals surface area contributed by atoms with Gasteiger partial charge in [0.05, 0.1) is 0 Å². The maximum Gasteiger partial charge on any atom is 0.223 e. The van der Waals surface area contributed by atoms with E-state index in [4.69, 9.17) is 0 Å². The Balaban J connectivity index is 1.34. The number of pyridine rings is 1. The lowest BCUT2D eigenvalue weighted by Gasteiger charge is -2.35. The van der Waals surface area contributed by atoms with Crippen LogP contribution in [-0.2, 0) is 11.2 Å². The summed E-state index contributed by atoms with van der Waals surface area (Å²) in [4.78, 5) is 30.1. The molecule has 1 aliphatic rings. The number of rotatable bonds is 6. The summed E-state index contributed by atoms with van der Waals surface area (Å²) in [6.45, 7) is 4.82. The molecule has 3 heterocycles. The molecule has 7 nitrogen and oxygen atoms in total. The first kappa shape index (κ1) is 19.8. The number of nitrogens with zero attached hydrogens (tertiary/aromatic N) is 5. The number of aromatic nitrogens is 3. The highest BCUT2D eigenvalue weighted by molar-refractivity contribution is 5.76. The fraction of sp³-hybridized carbons (Fsp3) is 0.304. The number of nitrogens with one attached hydrogen (secondary N) is 1. The predicted octanol–water partition coefficient (Wildman–Crippen LogP) is 3.21. The molecule has 3 aromatic rings. The van der Waals surface area contributed by atoms with Crippen molar-refractivity contribution in [3.8, 4) is 0 Å². The van der Waals surface area contributed by atoms with E-state index in [1.54, 1.807) is 6.20 Å². The van der Waals surface area contributed by atoms with E-state index in [-0.39, 0.29) is 5.91 Å². The molecule has 1 amide bonds. The Morgan fingerprint density at radius 1 is 0.967 bits per heavy atom. The predicted molar refractivity (Wildman–Crippen MR) is 118 cm³/mol. The van der Waals surface area contributed by atoms with Crippen LogP contribution >= 0.6 is 0 Å². The summed E-state index contributed by atoms with van der Waals surface area (Å²) >= 11 is 0. The molecule has 2 aromatic heterocycles. The van der Waals surface area contributed by atoms with Crippen molar-refractivity contribution < 1.29 is 4.79 Å². The maximum atomic E-state index is 12.6. The summed E-state index contributed by atoms with van der Waals surface area (Å²) in [7, 11) is 0. The summed E-state index contributed by atoms with van der Waals surface area (Å²) in [5.41, 5.74) is 1.20. The summed E-state index contributed by atoms with van der Waals surface area (Å²) in [6, 6.07) is 17.8. The number of amides is 1. The van der Waals surface area contributed by atoms with Gasteiger partial charge in [0.15, 0.2) is 0 Å². The number of carbonyl (C=O) groups excluding carboxylic acids is 1. The van der Waals surface area contributed by atoms with Gasteiger partial charge in [0, 0.05) is 44.9 Å². The SMILES string of the molecule is Cc1nc(Nc2ccccn2)cc(N2CCN(C(=O)CCc3ccccc3)CC2)n1. The monoisotopic (exact) mass is 402 g/mol. The van der Waals surface area contributed by atoms with Gasteiger partial charge in [0.2, 0.25) is 5.91 Å². The molecular formula is C23H26N6O. The number of carbonyl (C=O) groups is 1. The van der Waals surface area contributed by atoms with Gasteiger partial charge in [-0.25, -0.2) is 15.0 Å². The summed E-state index contributed by atoms with van der Waals surface area (Å²) in [5.74, 6) is 3.26. The molecule has 1 N–H and O–H groups in total. The van der Waals surface area contributed by atoms with Crippen LogP contribution in [0.3, 0.4) is 0 Å². The van der Waals surface area contributed by atoms with Crippen molar-refractivity contribution in [1.29, 1.82) is 0 Å². The van der Waals surface area contributed by atoms with Crippen LogP contribution < -0.4 is 10.2 Å². The second-order valence-electron chi connectivity index (χ2n) is 7.35. The molecule has 0 atom stereocenters. The third-order valence-corrected chi connectivity index (χ3v) is 5.17. The molecule has 0 spiro atoms. The van der Waals surface area contributed by atoms with Gasteiger partial charge in [0.25, 0.3) is 0 Å². The Morgan fingerprint density at radius 2 is 1.73 bits per heavy atom. The molecule has 1 fully saturated rings. The van der Waals surface area contributed by atoms with Crippen LogP contribution in [0.1, 0.15) is 17.8 Å². The molecular weight excluding hydrogens is 376 g/mol. The quantitative estimate of drug-likeness (QED) is 0.683. The number of aryl methyl sites for hydroxylation is 2. The normalized spacial score (nSPS) is 13.9. The number of hydrogen-bond acceptors (Lipinski definition) is 6. The zero-order valence-electron chi connectivity index (χ0n) is 17.2. The summed E-state index contributed by atoms with van der Waals surface area (Å²) < 4.78 is 0. The molecule has 1 saturated heterocycles. The summed E-state index contributed by atoms with van der Waals surface area (Å²) in [6.07, 6.45) is 3.08. The van der Waals surface area contributed by atoms with E-state index in [0.29, 0.717) is 25.3 Å². The van der Waals surface area contributed by atoms with Gasteiger partial charge in [-0.05, 0) is 31.0 Å². The second-order valence-corrected chi connectivity index (χ2v) is 7.35. The van der Waals surface area contributed by atoms with Crippen LogP contribution in [0, 0.1) is 6.92 Å². The molecule has 0 radical (unpaired) electrons. The van der Waals surface area contributed by atoms with E-state index >= 15 is 0 Å². The third kappa shape index (κ3) is 5.11. The highest BCUT2D eigenvalue weighted by Gasteiger charge is 2.22. The Morgan fingerprint density at radius 3 is 2.47 bits per heavy atom. The van der Waals surface area contributed by atoms with Gasteiger partial charge in [-0.2, -0.15) is 0 Å². The van der Waals surface area contributed by atoms with Crippen LogP contribution in [0.15, 0.2) is 60.8 Å². The zero-order valence-corrected chi connectivity index (χ0v) is 17.2. The minimum atomic E-state index is 0.217. The Labute approximate surface area is 176 Å². The van der Waals surface area contributed by atoms with Crippen LogP contribution in [0.5, 0.6) is 0 Å². The average molecular weight is 403 g/mol. The van der Waals surface area contributed by atoms with Gasteiger partial charge >= 0.3 is 0 Å². The van der Waals surface area contributed by atoms with Crippen molar-refractivity contribution in [2.45, 2.75) is 19.8 Å². The van der Waals surface area contributed by atoms with Crippen molar-refractivity contribution in [3.63, 3.8) is 0 Å². The smallest absolute Gasteiger partial charge is 0.223 e. The lowest BCUT2D eigenvalue weighted by atomic mass is 10.1. The van der Waals surface area contributed by atoms with Gasteiger partial charge in [-0.3, -0.25) is 4.79 Å². The fourth-order valence-electron chi connectivity index (χ4n) is 3.58. The minimum absolute atomic E-state index is 0.217. The van der Waals surface area contributed by atoms with Crippen molar-refractivity contribution in [2.24, 2.45) is 0 Å². The maximum absolute atomic E-state index is 12.6. The van der Waals surface area contributed by atoms with E-state index in [0.717, 1.165) is 37.0 Å². The molecule has 0 saturated carbocycles. The van der Waals surface area contributed by atoms with E-state index < -0.39 is 0 Å². The van der Waals surface area contributed by atoms with E-state index in [2.05, 4.69) is 37.3 Å². The van der Waals surface area contributed by atoms with Crippen LogP contribution in [0.25, 0.3) is 0 Å². The Hall–Kier alpha value is -3.48. The standard InChI is InChI=1S/C23H26N6O/c1-18-25-21(27-20-9-5-6-12-24-20)17-22(26-18)28-13-15-29(16-14-28)23(30)11-10-19-7-3-2-4-8-19/h2-9,12,17H,10-11,13-16H2,1H3,(H,24,25,26,27). The number of hydrogen-bond donors (Lipinski definition) is 1. The second kappa shape index (κ2) is 9.35. The van der Waals surface area contributed by atoms with Crippen molar-refractivity contribution >= 4 is 23.4 Å². The Bertz CT molecular complexity index is 971. The summed E-state index contributed by atoms with van der Waals surface area (Å²) in [5, 5.41) is 3.23. The fourth-order valence-corrected chi connectivity index (χ4v) is 3.58. The Kier molecular flexibility index (Phi) is 6.17. The highest BCUT2D eigenvalue weighted by Crippen LogP contribution is 2.20. The van der Waals surface area contributed by atoms with Gasteiger partial charge in [-0.15, -0.1) is 0 Å². The lowest BCUT2D eigenvalue weighted by Crippen LogP contribution is -2.49. The molecule has 30 heavy (non-hydrogen) atoms. The van der Waals surface area contributed by atoms with Crippen molar-refractivity contribution in [1.82, 2.24) is 19.9 Å². The first-order valence-corrected chi connectivity index (χ1v) is 10.3. The van der Waals surface area contributed by atoms with Crippen LogP contribution in [-0.4, -0.2) is 51.9 Å². The minimum Gasteiger partial charge on any atom is -0.353 e. The van der Waals surface area contributed by atoms with Crippen LogP contribution in [0.2, 0.25) is 0 Å². The van der Waals surface area contributed by atoms with Gasteiger partial charge in [0.1, 0.15) is 23.3 Å². The molecule has 154 valence electrons. The zero-order chi connectivity index (χ0) is 20.8. The molecule has 0 unspecified atom stereocenters. The first-order valence-electron chi connectivity index (χ1n) is 10.3. The number of piperazine rings is 1. The van der Waals surface area contributed by atoms with E-state index in [1.807, 2.05) is 54.3 Å². The van der Waals surface area contributed by atoms with Crippen molar-refractivity contribution in [3.05, 3.63) is 72.2 Å². The molecule has 0 aliphatic carbocycles. The molecule has 7 heteroatoms. The largest absolute Gasteiger partial charge is 0.353 e. The number of benzene rings is 1. The van der Waals surface area contributed by atoms with Crippen LogP contribution in [0.4, 0.5) is 17.5 Å². The van der Waals surface area contributed by atoms with Crippen molar-refractivity contribution in [2.75, 3.05) is 36.4 Å². The molecule has 0 bridgehead atoms. The molecule has 4 rings (SSSR count). The molecule has 1 aliphatic heterocycles. The lowest BCUT2D eigenvalue weighted by molar-refractivity contribution is -0.131. The van der Waals surface area contributed by atoms with Gasteiger partial charge in [-0.1, -0.05) is 36.4 Å². The third-order valence-electron chi connectivity index (χ3n) is 5.17. The van der Waals surface area contributed by atoms with E-state index in [1.165, 1.54) is 5.56 Å². The topological polar surface area (TPSA) is 74.2 Å². The first-order chi connectivity index (χ1) is 14.7. The highest BCUT2D eigenvalue weighted by atomic mass is 16.2. The average Bonchev–Trinajstić information content (AvgIpc) is 2.78. The van der Waals surface area contributed by atoms with E-state index in [9.17, 15) is 4.79 Å². The molecule has 1 aromatic carbocycles. The van der Waals surface area contributed by atoms with Gasteiger partial charge < -0.3 is 15.1 Å².